The number of nitrogens with zero attached hydrogens (tertiary/aromatic N) is 2. The summed E-state index contributed by atoms with van der Waals surface area (Å²) in [6.45, 7) is 4.59. The summed E-state index contributed by atoms with van der Waals surface area (Å²) in [5, 5.41) is 3.16. The zero-order valence-electron chi connectivity index (χ0n) is 14.5. The third-order valence-electron chi connectivity index (χ3n) is 5.43. The van der Waals surface area contributed by atoms with Gasteiger partial charge in [0.05, 0.1) is 6.04 Å². The highest BCUT2D eigenvalue weighted by Crippen LogP contribution is 2.26. The van der Waals surface area contributed by atoms with Gasteiger partial charge in [-0.1, -0.05) is 25.0 Å². The topological polar surface area (TPSA) is 35.6 Å². The van der Waals surface area contributed by atoms with E-state index in [-0.39, 0.29) is 23.7 Å². The lowest BCUT2D eigenvalue weighted by Gasteiger charge is -2.38. The van der Waals surface area contributed by atoms with E-state index in [0.29, 0.717) is 6.54 Å². The summed E-state index contributed by atoms with van der Waals surface area (Å²) in [5.74, 6) is 0.158. The Morgan fingerprint density at radius 2 is 1.79 bits per heavy atom. The van der Waals surface area contributed by atoms with Gasteiger partial charge in [-0.15, -0.1) is 0 Å². The maximum absolute atomic E-state index is 13.3. The molecule has 4 nitrogen and oxygen atoms in total. The number of halogens is 1. The molecule has 1 N–H and O–H groups in total. The molecule has 132 valence electrons. The Morgan fingerprint density at radius 1 is 1.17 bits per heavy atom. The molecule has 24 heavy (non-hydrogen) atoms. The van der Waals surface area contributed by atoms with Gasteiger partial charge in [0.2, 0.25) is 5.91 Å². The highest BCUT2D eigenvalue weighted by atomic mass is 19.1. The summed E-state index contributed by atoms with van der Waals surface area (Å²) in [5.41, 5.74) is 1.08. The molecule has 1 saturated heterocycles. The first-order valence-corrected chi connectivity index (χ1v) is 9.09. The molecule has 2 aliphatic rings. The maximum Gasteiger partial charge on any atom is 0.223 e. The van der Waals surface area contributed by atoms with Crippen molar-refractivity contribution in [1.29, 1.82) is 0 Å². The molecule has 1 aliphatic heterocycles. The van der Waals surface area contributed by atoms with Crippen molar-refractivity contribution in [3.63, 3.8) is 0 Å². The van der Waals surface area contributed by atoms with Crippen molar-refractivity contribution in [3.05, 3.63) is 35.6 Å². The number of piperazine rings is 1. The van der Waals surface area contributed by atoms with Gasteiger partial charge < -0.3 is 10.2 Å². The van der Waals surface area contributed by atoms with E-state index in [9.17, 15) is 9.18 Å². The third-order valence-corrected chi connectivity index (χ3v) is 5.43. The molecule has 3 rings (SSSR count). The van der Waals surface area contributed by atoms with Crippen LogP contribution in [0.15, 0.2) is 24.3 Å². The van der Waals surface area contributed by atoms with E-state index in [1.165, 1.54) is 12.1 Å². The Kier molecular flexibility index (Phi) is 5.85. The van der Waals surface area contributed by atoms with Crippen LogP contribution in [0.3, 0.4) is 0 Å². The standard InChI is InChI=1S/C19H28FN3O/c1-22-10-12-23(13-11-22)18(15-6-8-17(20)9-7-15)14-21-19(24)16-4-2-3-5-16/h6-9,16,18H,2-5,10-14H2,1H3,(H,21,24). The molecule has 1 heterocycles. The van der Waals surface area contributed by atoms with Gasteiger partial charge in [0.25, 0.3) is 0 Å². The van der Waals surface area contributed by atoms with E-state index < -0.39 is 0 Å². The van der Waals surface area contributed by atoms with Gasteiger partial charge in [0, 0.05) is 38.6 Å². The Hall–Kier alpha value is -1.46. The monoisotopic (exact) mass is 333 g/mol. The van der Waals surface area contributed by atoms with Crippen LogP contribution >= 0.6 is 0 Å². The number of hydrogen-bond acceptors (Lipinski definition) is 3. The smallest absolute Gasteiger partial charge is 0.223 e. The van der Waals surface area contributed by atoms with Gasteiger partial charge in [-0.2, -0.15) is 0 Å². The van der Waals surface area contributed by atoms with Crippen LogP contribution in [-0.2, 0) is 4.79 Å². The molecule has 1 saturated carbocycles. The predicted octanol–water partition coefficient (Wildman–Crippen LogP) is 2.42. The number of hydrogen-bond donors (Lipinski definition) is 1. The number of rotatable bonds is 5. The van der Waals surface area contributed by atoms with E-state index in [1.54, 1.807) is 0 Å². The van der Waals surface area contributed by atoms with Crippen LogP contribution in [0.2, 0.25) is 0 Å². The molecule has 0 bridgehead atoms. The average Bonchev–Trinajstić information content (AvgIpc) is 3.12. The Balaban J connectivity index is 1.66. The van der Waals surface area contributed by atoms with Crippen LogP contribution < -0.4 is 5.32 Å². The van der Waals surface area contributed by atoms with Crippen LogP contribution in [0.25, 0.3) is 0 Å². The fourth-order valence-corrected chi connectivity index (χ4v) is 3.81. The van der Waals surface area contributed by atoms with Crippen molar-refractivity contribution in [3.8, 4) is 0 Å². The van der Waals surface area contributed by atoms with Crippen molar-refractivity contribution in [2.24, 2.45) is 5.92 Å². The molecule has 1 amide bonds. The molecule has 2 fully saturated rings. The number of benzene rings is 1. The van der Waals surface area contributed by atoms with Crippen molar-refractivity contribution >= 4 is 5.91 Å². The maximum atomic E-state index is 13.3. The SMILES string of the molecule is CN1CCN(C(CNC(=O)C2CCCC2)c2ccc(F)cc2)CC1. The van der Waals surface area contributed by atoms with E-state index in [4.69, 9.17) is 0 Å². The molecule has 1 aliphatic carbocycles. The third kappa shape index (κ3) is 4.33. The summed E-state index contributed by atoms with van der Waals surface area (Å²) >= 11 is 0. The minimum Gasteiger partial charge on any atom is -0.354 e. The van der Waals surface area contributed by atoms with Crippen molar-refractivity contribution < 1.29 is 9.18 Å². The Bertz CT molecular complexity index is 534. The minimum atomic E-state index is -0.217. The summed E-state index contributed by atoms with van der Waals surface area (Å²) in [6, 6.07) is 6.83. The fraction of sp³-hybridized carbons (Fsp3) is 0.632. The predicted molar refractivity (Wildman–Crippen MR) is 93.2 cm³/mol. The fourth-order valence-electron chi connectivity index (χ4n) is 3.81. The molecule has 0 spiro atoms. The van der Waals surface area contributed by atoms with Gasteiger partial charge in [-0.05, 0) is 37.6 Å². The highest BCUT2D eigenvalue weighted by Gasteiger charge is 2.27. The quantitative estimate of drug-likeness (QED) is 0.899. The minimum absolute atomic E-state index is 0.115. The van der Waals surface area contributed by atoms with E-state index in [2.05, 4.69) is 22.2 Å². The van der Waals surface area contributed by atoms with E-state index >= 15 is 0 Å². The van der Waals surface area contributed by atoms with Gasteiger partial charge >= 0.3 is 0 Å². The summed E-state index contributed by atoms with van der Waals surface area (Å²) in [6.07, 6.45) is 4.36. The molecular weight excluding hydrogens is 305 g/mol. The molecular formula is C19H28FN3O. The Labute approximate surface area is 144 Å². The molecule has 0 aromatic heterocycles. The van der Waals surface area contributed by atoms with Crippen molar-refractivity contribution in [2.75, 3.05) is 39.8 Å². The lowest BCUT2D eigenvalue weighted by Crippen LogP contribution is -2.48. The van der Waals surface area contributed by atoms with Crippen LogP contribution in [0.1, 0.15) is 37.3 Å². The zero-order valence-corrected chi connectivity index (χ0v) is 14.5. The lowest BCUT2D eigenvalue weighted by atomic mass is 10.0. The van der Waals surface area contributed by atoms with E-state index in [0.717, 1.165) is 57.4 Å². The van der Waals surface area contributed by atoms with Crippen molar-refractivity contribution in [1.82, 2.24) is 15.1 Å². The largest absolute Gasteiger partial charge is 0.354 e. The van der Waals surface area contributed by atoms with Crippen LogP contribution in [0.4, 0.5) is 4.39 Å². The van der Waals surface area contributed by atoms with Crippen LogP contribution in [0, 0.1) is 11.7 Å². The highest BCUT2D eigenvalue weighted by molar-refractivity contribution is 5.78. The summed E-state index contributed by atoms with van der Waals surface area (Å²) in [4.78, 5) is 17.1. The number of amides is 1. The number of nitrogens with one attached hydrogen (secondary N) is 1. The lowest BCUT2D eigenvalue weighted by molar-refractivity contribution is -0.125. The summed E-state index contributed by atoms with van der Waals surface area (Å²) in [7, 11) is 2.13. The first-order chi connectivity index (χ1) is 11.6. The first-order valence-electron chi connectivity index (χ1n) is 9.09. The Morgan fingerprint density at radius 3 is 2.42 bits per heavy atom. The van der Waals surface area contributed by atoms with Gasteiger partial charge in [-0.3, -0.25) is 9.69 Å². The molecule has 1 aromatic carbocycles. The van der Waals surface area contributed by atoms with Crippen LogP contribution in [0.5, 0.6) is 0 Å². The molecule has 1 atom stereocenters. The van der Waals surface area contributed by atoms with Crippen molar-refractivity contribution in [2.45, 2.75) is 31.7 Å². The average molecular weight is 333 g/mol. The van der Waals surface area contributed by atoms with Gasteiger partial charge in [0.1, 0.15) is 5.82 Å². The van der Waals surface area contributed by atoms with E-state index in [1.807, 2.05) is 12.1 Å². The molecule has 5 heteroatoms. The molecule has 1 aromatic rings. The molecule has 1 unspecified atom stereocenters. The number of carbonyl (C=O) groups excluding carboxylic acids is 1. The second-order valence-corrected chi connectivity index (χ2v) is 7.13. The number of carbonyl (C=O) groups is 1. The first kappa shape index (κ1) is 17.4. The normalized spacial score (nSPS) is 21.8. The summed E-state index contributed by atoms with van der Waals surface area (Å²) < 4.78 is 13.3. The number of likely N-dealkylation sites (N-methyl/N-ethyl adjacent to an activating group) is 1. The zero-order chi connectivity index (χ0) is 16.9. The second-order valence-electron chi connectivity index (χ2n) is 7.13. The second kappa shape index (κ2) is 8.08. The molecule has 0 radical (unpaired) electrons. The van der Waals surface area contributed by atoms with Crippen LogP contribution in [-0.4, -0.2) is 55.5 Å². The van der Waals surface area contributed by atoms with Gasteiger partial charge in [-0.25, -0.2) is 4.39 Å². The van der Waals surface area contributed by atoms with Gasteiger partial charge in [0.15, 0.2) is 0 Å².